The zero-order valence-corrected chi connectivity index (χ0v) is 19.5. The van der Waals surface area contributed by atoms with E-state index in [9.17, 15) is 0 Å². The van der Waals surface area contributed by atoms with Gasteiger partial charge in [-0.25, -0.2) is 0 Å². The predicted molar refractivity (Wildman–Crippen MR) is 128 cm³/mol. The van der Waals surface area contributed by atoms with Crippen LogP contribution in [0.3, 0.4) is 0 Å². The summed E-state index contributed by atoms with van der Waals surface area (Å²) in [6.45, 7) is 12.0. The summed E-state index contributed by atoms with van der Waals surface area (Å²) in [4.78, 5) is 9.23. The maximum absolute atomic E-state index is 6.19. The summed E-state index contributed by atoms with van der Waals surface area (Å²) < 4.78 is 6.19. The Hall–Kier alpha value is -2.40. The molecule has 0 spiro atoms. The van der Waals surface area contributed by atoms with Crippen LogP contribution in [0, 0.1) is 18.8 Å². The molecule has 0 radical (unpaired) electrons. The fourth-order valence-electron chi connectivity index (χ4n) is 4.23. The van der Waals surface area contributed by atoms with E-state index in [0.29, 0.717) is 17.8 Å². The standard InChI is InChI=1S/C26H38N4O/c1-5-28-26(30-18-24(19(2)3)22-8-6-14-27-16-22)29-17-23-9-7-15-31-25(23)21-12-10-20(4)11-13-21/h6,8,10-14,16,19,23-25H,5,7,9,15,17-18H2,1-4H3,(H2,28,29,30). The van der Waals surface area contributed by atoms with Crippen LogP contribution in [-0.4, -0.2) is 37.2 Å². The molecule has 1 fully saturated rings. The number of hydrogen-bond donors (Lipinski definition) is 2. The zero-order valence-electron chi connectivity index (χ0n) is 19.5. The van der Waals surface area contributed by atoms with E-state index >= 15 is 0 Å². The van der Waals surface area contributed by atoms with Crippen LogP contribution in [0.5, 0.6) is 0 Å². The molecule has 1 aromatic heterocycles. The summed E-state index contributed by atoms with van der Waals surface area (Å²) in [5.74, 6) is 2.15. The molecule has 3 atom stereocenters. The van der Waals surface area contributed by atoms with Gasteiger partial charge in [0.1, 0.15) is 0 Å². The summed E-state index contributed by atoms with van der Waals surface area (Å²) in [5.41, 5.74) is 3.80. The summed E-state index contributed by atoms with van der Waals surface area (Å²) in [5, 5.41) is 7.00. The van der Waals surface area contributed by atoms with Gasteiger partial charge in [0, 0.05) is 50.5 Å². The number of aromatic nitrogens is 1. The fraction of sp³-hybridized carbons (Fsp3) is 0.538. The number of nitrogens with one attached hydrogen (secondary N) is 2. The third-order valence-electron chi connectivity index (χ3n) is 6.09. The van der Waals surface area contributed by atoms with Crippen LogP contribution < -0.4 is 10.6 Å². The molecule has 1 aromatic carbocycles. The first-order valence-corrected chi connectivity index (χ1v) is 11.7. The Morgan fingerprint density at radius 1 is 1.19 bits per heavy atom. The van der Waals surface area contributed by atoms with Crippen molar-refractivity contribution in [3.8, 4) is 0 Å². The van der Waals surface area contributed by atoms with Crippen LogP contribution in [0.1, 0.15) is 62.3 Å². The van der Waals surface area contributed by atoms with Crippen LogP contribution in [0.25, 0.3) is 0 Å². The second-order valence-electron chi connectivity index (χ2n) is 8.84. The highest BCUT2D eigenvalue weighted by atomic mass is 16.5. The van der Waals surface area contributed by atoms with Gasteiger partial charge in [-0.05, 0) is 49.8 Å². The first kappa shape index (κ1) is 23.3. The Morgan fingerprint density at radius 3 is 2.68 bits per heavy atom. The van der Waals surface area contributed by atoms with E-state index in [1.54, 1.807) is 0 Å². The maximum atomic E-state index is 6.19. The Kier molecular flexibility index (Phi) is 8.89. The Labute approximate surface area is 187 Å². The van der Waals surface area contributed by atoms with Gasteiger partial charge < -0.3 is 15.4 Å². The van der Waals surface area contributed by atoms with Crippen molar-refractivity contribution in [2.75, 3.05) is 26.2 Å². The molecule has 31 heavy (non-hydrogen) atoms. The molecule has 5 nitrogen and oxygen atoms in total. The summed E-state index contributed by atoms with van der Waals surface area (Å²) in [6.07, 6.45) is 6.20. The van der Waals surface area contributed by atoms with Crippen LogP contribution in [0.4, 0.5) is 0 Å². The molecule has 0 bridgehead atoms. The summed E-state index contributed by atoms with van der Waals surface area (Å²) >= 11 is 0. The number of hydrogen-bond acceptors (Lipinski definition) is 3. The van der Waals surface area contributed by atoms with Crippen molar-refractivity contribution < 1.29 is 4.74 Å². The zero-order chi connectivity index (χ0) is 22.1. The molecular weight excluding hydrogens is 384 g/mol. The lowest BCUT2D eigenvalue weighted by atomic mass is 9.89. The van der Waals surface area contributed by atoms with Crippen molar-refractivity contribution in [2.45, 2.75) is 52.6 Å². The average Bonchev–Trinajstić information content (AvgIpc) is 2.79. The molecule has 2 N–H and O–H groups in total. The number of benzene rings is 1. The predicted octanol–water partition coefficient (Wildman–Crippen LogP) is 4.85. The third-order valence-corrected chi connectivity index (χ3v) is 6.09. The second kappa shape index (κ2) is 11.8. The third kappa shape index (κ3) is 6.79. The van der Waals surface area contributed by atoms with Crippen molar-refractivity contribution in [2.24, 2.45) is 16.8 Å². The molecule has 1 aliphatic rings. The second-order valence-corrected chi connectivity index (χ2v) is 8.84. The number of aliphatic imine (C=N–C) groups is 1. The topological polar surface area (TPSA) is 58.5 Å². The molecule has 0 aliphatic carbocycles. The number of guanidine groups is 1. The quantitative estimate of drug-likeness (QED) is 0.471. The van der Waals surface area contributed by atoms with E-state index in [4.69, 9.17) is 9.73 Å². The van der Waals surface area contributed by atoms with Crippen LogP contribution >= 0.6 is 0 Å². The molecule has 3 rings (SSSR count). The normalized spacial score (nSPS) is 20.5. The van der Waals surface area contributed by atoms with Gasteiger partial charge in [-0.1, -0.05) is 49.7 Å². The minimum Gasteiger partial charge on any atom is -0.373 e. The molecule has 2 aromatic rings. The SMILES string of the molecule is CCNC(=NCC(c1cccnc1)C(C)C)NCC1CCCOC1c1ccc(C)cc1. The van der Waals surface area contributed by atoms with Crippen molar-refractivity contribution in [3.63, 3.8) is 0 Å². The molecule has 2 heterocycles. The largest absolute Gasteiger partial charge is 0.373 e. The molecule has 0 saturated carbocycles. The maximum Gasteiger partial charge on any atom is 0.191 e. The van der Waals surface area contributed by atoms with Gasteiger partial charge in [0.25, 0.3) is 0 Å². The van der Waals surface area contributed by atoms with E-state index in [0.717, 1.165) is 45.0 Å². The van der Waals surface area contributed by atoms with Gasteiger partial charge in [-0.2, -0.15) is 0 Å². The van der Waals surface area contributed by atoms with Gasteiger partial charge in [-0.15, -0.1) is 0 Å². The van der Waals surface area contributed by atoms with Gasteiger partial charge in [0.2, 0.25) is 0 Å². The Balaban J connectivity index is 1.66. The van der Waals surface area contributed by atoms with E-state index < -0.39 is 0 Å². The highest BCUT2D eigenvalue weighted by Gasteiger charge is 2.27. The fourth-order valence-corrected chi connectivity index (χ4v) is 4.23. The van der Waals surface area contributed by atoms with Gasteiger partial charge in [-0.3, -0.25) is 9.98 Å². The van der Waals surface area contributed by atoms with Crippen molar-refractivity contribution >= 4 is 5.96 Å². The van der Waals surface area contributed by atoms with Gasteiger partial charge in [0.05, 0.1) is 6.10 Å². The van der Waals surface area contributed by atoms with Crippen LogP contribution in [0.2, 0.25) is 0 Å². The lowest BCUT2D eigenvalue weighted by molar-refractivity contribution is -0.0265. The minimum atomic E-state index is 0.142. The number of pyridine rings is 1. The lowest BCUT2D eigenvalue weighted by Crippen LogP contribution is -2.42. The van der Waals surface area contributed by atoms with Crippen molar-refractivity contribution in [1.29, 1.82) is 0 Å². The smallest absolute Gasteiger partial charge is 0.191 e. The van der Waals surface area contributed by atoms with Crippen LogP contribution in [0.15, 0.2) is 53.8 Å². The molecule has 1 saturated heterocycles. The van der Waals surface area contributed by atoms with E-state index in [-0.39, 0.29) is 6.10 Å². The molecular formula is C26H38N4O. The summed E-state index contributed by atoms with van der Waals surface area (Å²) in [7, 11) is 0. The number of nitrogens with zero attached hydrogens (tertiary/aromatic N) is 2. The molecule has 5 heteroatoms. The molecule has 3 unspecified atom stereocenters. The van der Waals surface area contributed by atoms with Gasteiger partial charge >= 0.3 is 0 Å². The summed E-state index contributed by atoms with van der Waals surface area (Å²) in [6, 6.07) is 12.9. The lowest BCUT2D eigenvalue weighted by Gasteiger charge is -2.32. The number of rotatable bonds is 8. The monoisotopic (exact) mass is 422 g/mol. The highest BCUT2D eigenvalue weighted by molar-refractivity contribution is 5.79. The minimum absolute atomic E-state index is 0.142. The highest BCUT2D eigenvalue weighted by Crippen LogP contribution is 2.33. The van der Waals surface area contributed by atoms with Gasteiger partial charge in [0.15, 0.2) is 5.96 Å². The molecule has 1 aliphatic heterocycles. The number of aryl methyl sites for hydroxylation is 1. The van der Waals surface area contributed by atoms with Crippen LogP contribution in [-0.2, 0) is 4.74 Å². The van der Waals surface area contributed by atoms with E-state index in [2.05, 4.69) is 73.6 Å². The molecule has 168 valence electrons. The number of ether oxygens (including phenoxy) is 1. The molecule has 0 amide bonds. The first-order valence-electron chi connectivity index (χ1n) is 11.7. The Bertz CT molecular complexity index is 804. The van der Waals surface area contributed by atoms with Crippen molar-refractivity contribution in [1.82, 2.24) is 15.6 Å². The first-order chi connectivity index (χ1) is 15.1. The average molecular weight is 423 g/mol. The Morgan fingerprint density at radius 2 is 2.00 bits per heavy atom. The van der Waals surface area contributed by atoms with E-state index in [1.165, 1.54) is 16.7 Å². The van der Waals surface area contributed by atoms with E-state index in [1.807, 2.05) is 18.5 Å². The van der Waals surface area contributed by atoms with Crippen molar-refractivity contribution in [3.05, 3.63) is 65.5 Å².